The Bertz CT molecular complexity index is 3020. The van der Waals surface area contributed by atoms with Crippen molar-refractivity contribution >= 4 is 11.0 Å². The van der Waals surface area contributed by atoms with Crippen LogP contribution in [0.25, 0.3) is 83.9 Å². The Morgan fingerprint density at radius 1 is 0.516 bits per heavy atom. The second-order valence-corrected chi connectivity index (χ2v) is 17.9. The third-order valence-corrected chi connectivity index (χ3v) is 12.7. The van der Waals surface area contributed by atoms with Gasteiger partial charge in [0, 0.05) is 22.9 Å². The molecule has 1 aliphatic rings. The molecule has 0 amide bonds. The molecule has 1 fully saturated rings. The summed E-state index contributed by atoms with van der Waals surface area (Å²) in [6, 6.07) is 62.2. The Balaban J connectivity index is 1.16. The molecule has 1 N–H and O–H groups in total. The second-order valence-electron chi connectivity index (χ2n) is 17.9. The zero-order valence-corrected chi connectivity index (χ0v) is 35.7. The first-order valence-corrected chi connectivity index (χ1v) is 22.1. The zero-order valence-electron chi connectivity index (χ0n) is 35.7. The lowest BCUT2D eigenvalue weighted by atomic mass is 9.84. The highest BCUT2D eigenvalue weighted by Crippen LogP contribution is 2.43. The molecule has 0 bridgehead atoms. The van der Waals surface area contributed by atoms with Crippen LogP contribution < -0.4 is 0 Å². The van der Waals surface area contributed by atoms with Gasteiger partial charge >= 0.3 is 0 Å². The minimum Gasteiger partial charge on any atom is -0.507 e. The van der Waals surface area contributed by atoms with Crippen LogP contribution in [0.3, 0.4) is 0 Å². The average molecular weight is 806 g/mol. The van der Waals surface area contributed by atoms with Gasteiger partial charge in [-0.1, -0.05) is 155 Å². The summed E-state index contributed by atoms with van der Waals surface area (Å²) in [6.45, 7) is 6.75. The molecule has 0 aliphatic heterocycles. The molecule has 2 heterocycles. The lowest BCUT2D eigenvalue weighted by Crippen LogP contribution is -2.12. The number of phenols is 1. The molecule has 1 aliphatic carbocycles. The van der Waals surface area contributed by atoms with E-state index in [1.165, 1.54) is 48.8 Å². The number of hydrogen-bond donors (Lipinski definition) is 1. The van der Waals surface area contributed by atoms with Gasteiger partial charge in [0.1, 0.15) is 11.6 Å². The van der Waals surface area contributed by atoms with E-state index in [-0.39, 0.29) is 11.2 Å². The zero-order chi connectivity index (χ0) is 42.2. The molecule has 9 aromatic rings. The van der Waals surface area contributed by atoms with Crippen LogP contribution in [-0.2, 0) is 5.41 Å². The normalized spacial score (nSPS) is 13.4. The Labute approximate surface area is 365 Å². The van der Waals surface area contributed by atoms with E-state index in [4.69, 9.17) is 9.97 Å². The highest BCUT2D eigenvalue weighted by atomic mass is 16.3. The van der Waals surface area contributed by atoms with Gasteiger partial charge in [-0.3, -0.25) is 9.55 Å². The maximum atomic E-state index is 11.4. The van der Waals surface area contributed by atoms with E-state index >= 15 is 0 Å². The van der Waals surface area contributed by atoms with Crippen LogP contribution in [0.1, 0.15) is 69.9 Å². The van der Waals surface area contributed by atoms with E-state index in [9.17, 15) is 5.11 Å². The van der Waals surface area contributed by atoms with Crippen molar-refractivity contribution in [3.63, 3.8) is 0 Å². The summed E-state index contributed by atoms with van der Waals surface area (Å²) in [5.74, 6) is 1.53. The van der Waals surface area contributed by atoms with Gasteiger partial charge in [-0.05, 0) is 129 Å². The van der Waals surface area contributed by atoms with E-state index in [0.717, 1.165) is 66.9 Å². The number of phenolic OH excluding ortho intramolecular Hbond substituents is 1. The van der Waals surface area contributed by atoms with Crippen molar-refractivity contribution in [3.8, 4) is 78.6 Å². The van der Waals surface area contributed by atoms with Crippen LogP contribution in [0.2, 0.25) is 0 Å². The largest absolute Gasteiger partial charge is 0.507 e. The number of rotatable bonds is 8. The van der Waals surface area contributed by atoms with Crippen molar-refractivity contribution in [2.24, 2.45) is 0 Å². The molecule has 62 heavy (non-hydrogen) atoms. The van der Waals surface area contributed by atoms with Gasteiger partial charge in [-0.15, -0.1) is 0 Å². The highest BCUT2D eigenvalue weighted by Gasteiger charge is 2.24. The summed E-state index contributed by atoms with van der Waals surface area (Å²) in [4.78, 5) is 10.5. The van der Waals surface area contributed by atoms with Crippen molar-refractivity contribution in [3.05, 3.63) is 193 Å². The smallest absolute Gasteiger partial charge is 0.149 e. The molecule has 1 saturated carbocycles. The SMILES string of the molecule is CC(C)(C)c1ccc(-n2c(-c3ccccc3O)nc3c(-c4cc(-c5ccccc5)cc(-c5cc(-c6ccc(C7CCCCC7)cc6)ccn5)c4)cccc32)c(-c2ccccc2)c1. The first kappa shape index (κ1) is 39.1. The first-order valence-electron chi connectivity index (χ1n) is 22.1. The van der Waals surface area contributed by atoms with Gasteiger partial charge < -0.3 is 5.11 Å². The summed E-state index contributed by atoms with van der Waals surface area (Å²) in [5.41, 5.74) is 16.9. The Hall–Kier alpha value is -7.04. The van der Waals surface area contributed by atoms with E-state index in [0.29, 0.717) is 17.3 Å². The van der Waals surface area contributed by atoms with Crippen molar-refractivity contribution in [2.45, 2.75) is 64.2 Å². The number of para-hydroxylation sites is 2. The molecule has 4 nitrogen and oxygen atoms in total. The van der Waals surface area contributed by atoms with Gasteiger partial charge in [0.15, 0.2) is 0 Å². The molecule has 0 radical (unpaired) electrons. The average Bonchev–Trinajstić information content (AvgIpc) is 3.71. The maximum absolute atomic E-state index is 11.4. The van der Waals surface area contributed by atoms with E-state index in [2.05, 4.69) is 177 Å². The van der Waals surface area contributed by atoms with Crippen molar-refractivity contribution in [2.75, 3.05) is 0 Å². The number of fused-ring (bicyclic) bond motifs is 1. The minimum absolute atomic E-state index is 0.0538. The molecule has 0 atom stereocenters. The molecule has 0 unspecified atom stereocenters. The monoisotopic (exact) mass is 805 g/mol. The fourth-order valence-corrected chi connectivity index (χ4v) is 9.35. The fourth-order valence-electron chi connectivity index (χ4n) is 9.35. The van der Waals surface area contributed by atoms with Gasteiger partial charge in [-0.25, -0.2) is 4.98 Å². The van der Waals surface area contributed by atoms with Crippen LogP contribution >= 0.6 is 0 Å². The summed E-state index contributed by atoms with van der Waals surface area (Å²) in [6.07, 6.45) is 8.55. The number of imidazole rings is 1. The van der Waals surface area contributed by atoms with Crippen molar-refractivity contribution < 1.29 is 5.11 Å². The van der Waals surface area contributed by atoms with E-state index in [1.807, 2.05) is 24.4 Å². The summed E-state index contributed by atoms with van der Waals surface area (Å²) in [5, 5.41) is 11.4. The second kappa shape index (κ2) is 16.4. The number of aromatic nitrogens is 3. The highest BCUT2D eigenvalue weighted by molar-refractivity contribution is 5.98. The summed E-state index contributed by atoms with van der Waals surface area (Å²) >= 11 is 0. The van der Waals surface area contributed by atoms with E-state index < -0.39 is 0 Å². The first-order chi connectivity index (χ1) is 30.3. The molecule has 0 saturated heterocycles. The predicted molar refractivity (Wildman–Crippen MR) is 258 cm³/mol. The van der Waals surface area contributed by atoms with Gasteiger partial charge in [0.2, 0.25) is 0 Å². The molecule has 10 rings (SSSR count). The third kappa shape index (κ3) is 7.62. The Morgan fingerprint density at radius 3 is 1.92 bits per heavy atom. The number of benzene rings is 7. The van der Waals surface area contributed by atoms with Crippen molar-refractivity contribution in [1.29, 1.82) is 0 Å². The molecule has 2 aromatic heterocycles. The van der Waals surface area contributed by atoms with Gasteiger partial charge in [0.05, 0.1) is 28.0 Å². The number of aromatic hydroxyl groups is 1. The van der Waals surface area contributed by atoms with Crippen LogP contribution in [0.15, 0.2) is 182 Å². The molecular weight excluding hydrogens is 755 g/mol. The standard InChI is InChI=1S/C58H51N3O/c1-58(2,3)48-30-31-53(51(38-48)43-20-11-6-12-21-43)61-54-24-15-23-49(56(54)60-57(61)50-22-13-14-25-55(50)62)46-34-45(40-18-9-5-10-19-40)35-47(36-46)52-37-44(32-33-59-52)42-28-26-41(27-29-42)39-16-7-4-8-17-39/h5-6,9-15,18-39,62H,4,7-8,16-17H2,1-3H3. The topological polar surface area (TPSA) is 50.9 Å². The molecule has 7 aromatic carbocycles. The number of hydrogen-bond acceptors (Lipinski definition) is 3. The lowest BCUT2D eigenvalue weighted by Gasteiger charge is -2.23. The molecule has 0 spiro atoms. The van der Waals surface area contributed by atoms with Crippen LogP contribution in [0.5, 0.6) is 5.75 Å². The van der Waals surface area contributed by atoms with Crippen LogP contribution in [0, 0.1) is 0 Å². The Kier molecular flexibility index (Phi) is 10.4. The van der Waals surface area contributed by atoms with E-state index in [1.54, 1.807) is 6.07 Å². The molecule has 4 heteroatoms. The fraction of sp³-hybridized carbons (Fsp3) is 0.172. The predicted octanol–water partition coefficient (Wildman–Crippen LogP) is 15.5. The van der Waals surface area contributed by atoms with Gasteiger partial charge in [-0.2, -0.15) is 0 Å². The number of nitrogens with zero attached hydrogens (tertiary/aromatic N) is 3. The lowest BCUT2D eigenvalue weighted by molar-refractivity contribution is 0.443. The minimum atomic E-state index is -0.0538. The van der Waals surface area contributed by atoms with Crippen molar-refractivity contribution in [1.82, 2.24) is 14.5 Å². The maximum Gasteiger partial charge on any atom is 0.149 e. The molecular formula is C58H51N3O. The van der Waals surface area contributed by atoms with Crippen LogP contribution in [0.4, 0.5) is 0 Å². The van der Waals surface area contributed by atoms with Crippen LogP contribution in [-0.4, -0.2) is 19.6 Å². The third-order valence-electron chi connectivity index (χ3n) is 12.7. The summed E-state index contributed by atoms with van der Waals surface area (Å²) in [7, 11) is 0. The number of pyridine rings is 1. The quantitative estimate of drug-likeness (QED) is 0.166. The van der Waals surface area contributed by atoms with Gasteiger partial charge in [0.25, 0.3) is 0 Å². The summed E-state index contributed by atoms with van der Waals surface area (Å²) < 4.78 is 2.23. The Morgan fingerprint density at radius 2 is 1.18 bits per heavy atom. The molecule has 304 valence electrons.